The van der Waals surface area contributed by atoms with Gasteiger partial charge in [-0.1, -0.05) is 0 Å². The van der Waals surface area contributed by atoms with Gasteiger partial charge in [0.2, 0.25) is 10.0 Å². The number of alkyl halides is 3. The van der Waals surface area contributed by atoms with Crippen LogP contribution in [0.15, 0.2) is 29.2 Å². The molecule has 1 saturated heterocycles. The van der Waals surface area contributed by atoms with E-state index < -0.39 is 21.8 Å². The third-order valence-electron chi connectivity index (χ3n) is 3.41. The van der Waals surface area contributed by atoms with Gasteiger partial charge in [-0.3, -0.25) is 0 Å². The topological polar surface area (TPSA) is 49.4 Å². The van der Waals surface area contributed by atoms with E-state index in [1.165, 1.54) is 11.4 Å². The van der Waals surface area contributed by atoms with Crippen LogP contribution in [0.4, 0.5) is 13.2 Å². The molecular weight excluding hydrogens is 293 g/mol. The normalized spacial score (nSPS) is 20.6. The number of nitrogens with one attached hydrogen (secondary N) is 1. The van der Waals surface area contributed by atoms with Crippen molar-refractivity contribution in [2.45, 2.75) is 23.5 Å². The highest BCUT2D eigenvalue weighted by atomic mass is 32.2. The zero-order valence-electron chi connectivity index (χ0n) is 10.8. The molecule has 1 atom stereocenters. The van der Waals surface area contributed by atoms with Crippen LogP contribution in [0.2, 0.25) is 0 Å². The average molecular weight is 308 g/mol. The van der Waals surface area contributed by atoms with Crippen molar-refractivity contribution in [1.82, 2.24) is 9.62 Å². The quantitative estimate of drug-likeness (QED) is 0.924. The molecule has 4 nitrogen and oxygen atoms in total. The van der Waals surface area contributed by atoms with E-state index in [0.29, 0.717) is 13.0 Å². The Balaban J connectivity index is 2.25. The maximum atomic E-state index is 12.5. The molecule has 1 N–H and O–H groups in total. The molecule has 20 heavy (non-hydrogen) atoms. The van der Waals surface area contributed by atoms with Crippen molar-refractivity contribution < 1.29 is 21.6 Å². The summed E-state index contributed by atoms with van der Waals surface area (Å²) in [5, 5.41) is 3.05. The van der Waals surface area contributed by atoms with E-state index in [4.69, 9.17) is 0 Å². The lowest BCUT2D eigenvalue weighted by molar-refractivity contribution is -0.137. The summed E-state index contributed by atoms with van der Waals surface area (Å²) in [6.07, 6.45) is -3.78. The number of halogens is 3. The smallest absolute Gasteiger partial charge is 0.315 e. The number of sulfonamides is 1. The molecule has 1 aromatic carbocycles. The summed E-state index contributed by atoms with van der Waals surface area (Å²) in [6, 6.07) is 3.40. The molecule has 0 aromatic heterocycles. The molecule has 0 amide bonds. The van der Waals surface area contributed by atoms with E-state index in [1.807, 2.05) is 0 Å². The predicted molar refractivity (Wildman–Crippen MR) is 67.7 cm³/mol. The van der Waals surface area contributed by atoms with Crippen LogP contribution in [-0.4, -0.2) is 38.9 Å². The minimum absolute atomic E-state index is 0.125. The summed E-state index contributed by atoms with van der Waals surface area (Å²) in [5.41, 5.74) is -0.860. The number of nitrogens with zero attached hydrogens (tertiary/aromatic N) is 1. The zero-order valence-corrected chi connectivity index (χ0v) is 11.6. The number of hydrogen-bond donors (Lipinski definition) is 1. The van der Waals surface area contributed by atoms with Crippen LogP contribution >= 0.6 is 0 Å². The molecule has 1 aliphatic heterocycles. The number of likely N-dealkylation sites (N-methyl/N-ethyl adjacent to an activating group) is 1. The Labute approximate surface area is 115 Å². The molecule has 2 rings (SSSR count). The minimum Gasteiger partial charge on any atom is -0.315 e. The van der Waals surface area contributed by atoms with Gasteiger partial charge in [0, 0.05) is 19.6 Å². The van der Waals surface area contributed by atoms with Crippen LogP contribution < -0.4 is 5.32 Å². The molecule has 1 fully saturated rings. The molecule has 1 unspecified atom stereocenters. The lowest BCUT2D eigenvalue weighted by atomic mass is 10.2. The van der Waals surface area contributed by atoms with Crippen molar-refractivity contribution in [2.24, 2.45) is 0 Å². The Kier molecular flexibility index (Phi) is 4.08. The third-order valence-corrected chi connectivity index (χ3v) is 5.33. The van der Waals surface area contributed by atoms with Gasteiger partial charge in [-0.05, 0) is 37.2 Å². The lowest BCUT2D eigenvalue weighted by Gasteiger charge is -2.23. The second-order valence-corrected chi connectivity index (χ2v) is 6.69. The summed E-state index contributed by atoms with van der Waals surface area (Å²) in [7, 11) is -2.31. The summed E-state index contributed by atoms with van der Waals surface area (Å²) in [6.45, 7) is 1.29. The first kappa shape index (κ1) is 15.3. The van der Waals surface area contributed by atoms with Crippen LogP contribution in [0, 0.1) is 0 Å². The van der Waals surface area contributed by atoms with E-state index in [1.54, 1.807) is 0 Å². The van der Waals surface area contributed by atoms with Crippen LogP contribution in [0.5, 0.6) is 0 Å². The van der Waals surface area contributed by atoms with E-state index in [9.17, 15) is 21.6 Å². The highest BCUT2D eigenvalue weighted by molar-refractivity contribution is 7.89. The maximum Gasteiger partial charge on any atom is 0.416 e. The maximum absolute atomic E-state index is 12.5. The van der Waals surface area contributed by atoms with Gasteiger partial charge in [-0.25, -0.2) is 8.42 Å². The fourth-order valence-corrected chi connectivity index (χ4v) is 3.51. The number of benzene rings is 1. The van der Waals surface area contributed by atoms with Gasteiger partial charge in [-0.2, -0.15) is 17.5 Å². The Morgan fingerprint density at radius 2 is 1.85 bits per heavy atom. The molecule has 8 heteroatoms. The fraction of sp³-hybridized carbons (Fsp3) is 0.500. The molecule has 0 saturated carbocycles. The molecule has 1 aliphatic rings. The molecule has 0 bridgehead atoms. The first-order chi connectivity index (χ1) is 9.23. The molecule has 0 spiro atoms. The second-order valence-electron chi connectivity index (χ2n) is 4.69. The van der Waals surface area contributed by atoms with Crippen molar-refractivity contribution in [3.63, 3.8) is 0 Å². The van der Waals surface area contributed by atoms with Crippen LogP contribution in [0.3, 0.4) is 0 Å². The van der Waals surface area contributed by atoms with Crippen LogP contribution in [-0.2, 0) is 16.2 Å². The molecule has 1 aromatic rings. The second kappa shape index (κ2) is 5.34. The Morgan fingerprint density at radius 1 is 1.25 bits per heavy atom. The van der Waals surface area contributed by atoms with Gasteiger partial charge in [0.25, 0.3) is 0 Å². The van der Waals surface area contributed by atoms with Gasteiger partial charge in [0.05, 0.1) is 10.5 Å². The van der Waals surface area contributed by atoms with Gasteiger partial charge in [0.15, 0.2) is 0 Å². The summed E-state index contributed by atoms with van der Waals surface area (Å²) in [4.78, 5) is -0.125. The monoisotopic (exact) mass is 308 g/mol. The van der Waals surface area contributed by atoms with E-state index in [-0.39, 0.29) is 10.9 Å². The molecule has 112 valence electrons. The molecule has 1 heterocycles. The highest BCUT2D eigenvalue weighted by Gasteiger charge is 2.33. The van der Waals surface area contributed by atoms with Crippen molar-refractivity contribution >= 4 is 10.0 Å². The first-order valence-corrected chi connectivity index (χ1v) is 7.53. The molecule has 0 aliphatic carbocycles. The minimum atomic E-state index is -4.47. The Hall–Kier alpha value is -1.12. The van der Waals surface area contributed by atoms with Crippen LogP contribution in [0.1, 0.15) is 12.0 Å². The van der Waals surface area contributed by atoms with Gasteiger partial charge < -0.3 is 5.32 Å². The van der Waals surface area contributed by atoms with Crippen molar-refractivity contribution in [2.75, 3.05) is 20.1 Å². The number of hydrogen-bond acceptors (Lipinski definition) is 3. The fourth-order valence-electron chi connectivity index (χ4n) is 2.13. The van der Waals surface area contributed by atoms with E-state index in [0.717, 1.165) is 30.8 Å². The van der Waals surface area contributed by atoms with Crippen molar-refractivity contribution in [3.05, 3.63) is 29.8 Å². The van der Waals surface area contributed by atoms with Crippen molar-refractivity contribution in [3.8, 4) is 0 Å². The SMILES string of the molecule is CN(C1CCNC1)S(=O)(=O)c1ccc(C(F)(F)F)cc1. The third kappa shape index (κ3) is 2.97. The van der Waals surface area contributed by atoms with Crippen LogP contribution in [0.25, 0.3) is 0 Å². The van der Waals surface area contributed by atoms with Crippen molar-refractivity contribution in [1.29, 1.82) is 0 Å². The largest absolute Gasteiger partial charge is 0.416 e. The van der Waals surface area contributed by atoms with Gasteiger partial charge in [0.1, 0.15) is 0 Å². The average Bonchev–Trinajstić information content (AvgIpc) is 2.90. The Morgan fingerprint density at radius 3 is 2.30 bits per heavy atom. The highest BCUT2D eigenvalue weighted by Crippen LogP contribution is 2.30. The summed E-state index contributed by atoms with van der Waals surface area (Å²) >= 11 is 0. The van der Waals surface area contributed by atoms with Gasteiger partial charge in [-0.15, -0.1) is 0 Å². The number of rotatable bonds is 3. The standard InChI is InChI=1S/C12H15F3N2O2S/c1-17(10-6-7-16-8-10)20(18,19)11-4-2-9(3-5-11)12(13,14)15/h2-5,10,16H,6-8H2,1H3. The van der Waals surface area contributed by atoms with Gasteiger partial charge >= 0.3 is 6.18 Å². The summed E-state index contributed by atoms with van der Waals surface area (Å²) < 4.78 is 63.2. The molecule has 0 radical (unpaired) electrons. The zero-order chi connectivity index (χ0) is 15.0. The predicted octanol–water partition coefficient (Wildman–Crippen LogP) is 1.69. The summed E-state index contributed by atoms with van der Waals surface area (Å²) in [5.74, 6) is 0. The Bertz CT molecular complexity index is 563. The molecular formula is C12H15F3N2O2S. The lowest BCUT2D eigenvalue weighted by Crippen LogP contribution is -2.38. The van der Waals surface area contributed by atoms with E-state index in [2.05, 4.69) is 5.32 Å². The first-order valence-electron chi connectivity index (χ1n) is 6.09. The van der Waals surface area contributed by atoms with E-state index >= 15 is 0 Å².